The van der Waals surface area contributed by atoms with Gasteiger partial charge in [-0.2, -0.15) is 4.42 Å². The quantitative estimate of drug-likeness (QED) is 0.781. The average molecular weight is 255 g/mol. The van der Waals surface area contributed by atoms with Crippen LogP contribution in [0.4, 0.5) is 10.5 Å². The molecule has 0 aliphatic carbocycles. The van der Waals surface area contributed by atoms with Gasteiger partial charge in [0, 0.05) is 17.3 Å². The van der Waals surface area contributed by atoms with Gasteiger partial charge in [0.25, 0.3) is 5.91 Å². The third-order valence-electron chi connectivity index (χ3n) is 2.65. The number of para-hydroxylation sites is 1. The SMILES string of the molecule is CC1(C)OC(=O)N(Cl)c2c(C(N)=O)cccc21. The molecule has 0 unspecified atom stereocenters. The summed E-state index contributed by atoms with van der Waals surface area (Å²) in [6.45, 7) is 3.44. The number of hydrogen-bond acceptors (Lipinski definition) is 3. The van der Waals surface area contributed by atoms with Gasteiger partial charge >= 0.3 is 6.09 Å². The van der Waals surface area contributed by atoms with Gasteiger partial charge in [-0.3, -0.25) is 4.79 Å². The number of nitrogens with zero attached hydrogens (tertiary/aromatic N) is 1. The number of benzene rings is 1. The van der Waals surface area contributed by atoms with E-state index < -0.39 is 17.6 Å². The van der Waals surface area contributed by atoms with Crippen LogP contribution in [0.3, 0.4) is 0 Å². The summed E-state index contributed by atoms with van der Waals surface area (Å²) < 4.78 is 5.93. The molecule has 0 saturated heterocycles. The second kappa shape index (κ2) is 3.63. The van der Waals surface area contributed by atoms with Gasteiger partial charge in [0.05, 0.1) is 11.3 Å². The largest absolute Gasteiger partial charge is 0.437 e. The minimum Gasteiger partial charge on any atom is -0.437 e. The summed E-state index contributed by atoms with van der Waals surface area (Å²) in [6.07, 6.45) is -0.724. The van der Waals surface area contributed by atoms with Crippen molar-refractivity contribution in [2.45, 2.75) is 19.4 Å². The zero-order chi connectivity index (χ0) is 12.8. The number of carbonyl (C=O) groups is 2. The number of cyclic esters (lactones) is 1. The van der Waals surface area contributed by atoms with Gasteiger partial charge in [0.15, 0.2) is 0 Å². The fraction of sp³-hybridized carbons (Fsp3) is 0.273. The molecule has 2 rings (SSSR count). The fourth-order valence-electron chi connectivity index (χ4n) is 1.84. The average Bonchev–Trinajstić information content (AvgIpc) is 2.24. The number of carbonyl (C=O) groups excluding carboxylic acids is 2. The van der Waals surface area contributed by atoms with Crippen LogP contribution >= 0.6 is 11.8 Å². The number of rotatable bonds is 1. The highest BCUT2D eigenvalue weighted by Crippen LogP contribution is 2.41. The standard InChI is InChI=1S/C11H11ClN2O3/c1-11(2)7-5-3-4-6(9(13)15)8(7)14(12)10(16)17-11/h3-5H,1-2H3,(H2,13,15). The molecule has 1 aromatic rings. The molecule has 17 heavy (non-hydrogen) atoms. The predicted molar refractivity (Wildman–Crippen MR) is 62.8 cm³/mol. The third kappa shape index (κ3) is 1.72. The second-order valence-electron chi connectivity index (χ2n) is 4.23. The summed E-state index contributed by atoms with van der Waals surface area (Å²) >= 11 is 5.83. The first-order valence-electron chi connectivity index (χ1n) is 4.97. The Labute approximate surface area is 103 Å². The first kappa shape index (κ1) is 11.7. The number of fused-ring (bicyclic) bond motifs is 1. The Hall–Kier alpha value is -1.75. The normalized spacial score (nSPS) is 17.4. The number of halogens is 1. The molecule has 0 spiro atoms. The first-order chi connectivity index (χ1) is 7.84. The van der Waals surface area contributed by atoms with Crippen molar-refractivity contribution in [3.05, 3.63) is 29.3 Å². The molecule has 5 nitrogen and oxygen atoms in total. The fourth-order valence-corrected chi connectivity index (χ4v) is 2.06. The summed E-state index contributed by atoms with van der Waals surface area (Å²) in [5.41, 5.74) is 5.55. The van der Waals surface area contributed by atoms with Gasteiger partial charge in [-0.1, -0.05) is 12.1 Å². The number of anilines is 1. The van der Waals surface area contributed by atoms with Crippen LogP contribution in [0.2, 0.25) is 0 Å². The van der Waals surface area contributed by atoms with Crippen molar-refractivity contribution >= 4 is 29.5 Å². The van der Waals surface area contributed by atoms with Crippen LogP contribution in [0.15, 0.2) is 18.2 Å². The summed E-state index contributed by atoms with van der Waals surface area (Å²) in [4.78, 5) is 22.9. The van der Waals surface area contributed by atoms with E-state index >= 15 is 0 Å². The van der Waals surface area contributed by atoms with E-state index in [4.69, 9.17) is 22.2 Å². The van der Waals surface area contributed by atoms with E-state index in [1.165, 1.54) is 6.07 Å². The molecule has 0 bridgehead atoms. The second-order valence-corrected chi connectivity index (χ2v) is 4.56. The number of nitrogens with two attached hydrogens (primary N) is 1. The Kier molecular flexibility index (Phi) is 2.50. The van der Waals surface area contributed by atoms with E-state index in [0.717, 1.165) is 4.42 Å². The van der Waals surface area contributed by atoms with Crippen LogP contribution in [0, 0.1) is 0 Å². The van der Waals surface area contributed by atoms with Gasteiger partial charge in [-0.25, -0.2) is 4.79 Å². The Morgan fingerprint density at radius 3 is 2.71 bits per heavy atom. The van der Waals surface area contributed by atoms with Crippen LogP contribution in [0.25, 0.3) is 0 Å². The Balaban J connectivity index is 2.74. The predicted octanol–water partition coefficient (Wildman–Crippen LogP) is 2.13. The molecule has 2 amide bonds. The molecule has 6 heteroatoms. The lowest BCUT2D eigenvalue weighted by molar-refractivity contribution is 0.0385. The van der Waals surface area contributed by atoms with E-state index in [0.29, 0.717) is 11.3 Å². The lowest BCUT2D eigenvalue weighted by atomic mass is 9.92. The lowest BCUT2D eigenvalue weighted by Crippen LogP contribution is -2.39. The highest BCUT2D eigenvalue weighted by atomic mass is 35.5. The van der Waals surface area contributed by atoms with E-state index in [1.807, 2.05) is 0 Å². The Morgan fingerprint density at radius 2 is 2.12 bits per heavy atom. The molecule has 90 valence electrons. The molecule has 1 aromatic carbocycles. The Morgan fingerprint density at radius 1 is 1.47 bits per heavy atom. The van der Waals surface area contributed by atoms with Crippen molar-refractivity contribution in [3.63, 3.8) is 0 Å². The van der Waals surface area contributed by atoms with Crippen molar-refractivity contribution < 1.29 is 14.3 Å². The van der Waals surface area contributed by atoms with Crippen LogP contribution in [-0.4, -0.2) is 12.0 Å². The van der Waals surface area contributed by atoms with Gasteiger partial charge < -0.3 is 10.5 Å². The molecular weight excluding hydrogens is 244 g/mol. The number of primary amides is 1. The lowest BCUT2D eigenvalue weighted by Gasteiger charge is -2.36. The molecule has 0 aromatic heterocycles. The maximum absolute atomic E-state index is 11.6. The minimum absolute atomic E-state index is 0.197. The van der Waals surface area contributed by atoms with Crippen molar-refractivity contribution in [1.82, 2.24) is 0 Å². The van der Waals surface area contributed by atoms with Gasteiger partial charge in [-0.05, 0) is 19.9 Å². The number of ether oxygens (including phenoxy) is 1. The topological polar surface area (TPSA) is 72.6 Å². The molecular formula is C11H11ClN2O3. The van der Waals surface area contributed by atoms with Crippen LogP contribution < -0.4 is 10.2 Å². The smallest absolute Gasteiger partial charge is 0.430 e. The van der Waals surface area contributed by atoms with Crippen molar-refractivity contribution in [2.24, 2.45) is 5.73 Å². The van der Waals surface area contributed by atoms with Crippen molar-refractivity contribution in [1.29, 1.82) is 0 Å². The highest BCUT2D eigenvalue weighted by Gasteiger charge is 2.39. The molecule has 0 radical (unpaired) electrons. The molecule has 2 N–H and O–H groups in total. The van der Waals surface area contributed by atoms with Crippen LogP contribution in [-0.2, 0) is 10.3 Å². The third-order valence-corrected chi connectivity index (χ3v) is 2.96. The molecule has 0 saturated carbocycles. The molecule has 1 heterocycles. The zero-order valence-electron chi connectivity index (χ0n) is 9.36. The van der Waals surface area contributed by atoms with Crippen molar-refractivity contribution in [3.8, 4) is 0 Å². The minimum atomic E-state index is -0.844. The molecule has 1 aliphatic rings. The first-order valence-corrected chi connectivity index (χ1v) is 5.30. The van der Waals surface area contributed by atoms with E-state index in [2.05, 4.69) is 0 Å². The summed E-state index contributed by atoms with van der Waals surface area (Å²) in [5, 5.41) is 0. The molecule has 0 atom stereocenters. The molecule has 0 fully saturated rings. The monoisotopic (exact) mass is 254 g/mol. The van der Waals surface area contributed by atoms with Crippen LogP contribution in [0.1, 0.15) is 29.8 Å². The number of amides is 2. The van der Waals surface area contributed by atoms with Gasteiger partial charge in [0.1, 0.15) is 5.60 Å². The zero-order valence-corrected chi connectivity index (χ0v) is 10.1. The summed E-state index contributed by atoms with van der Waals surface area (Å²) in [6, 6.07) is 4.93. The van der Waals surface area contributed by atoms with E-state index in [9.17, 15) is 9.59 Å². The van der Waals surface area contributed by atoms with Gasteiger partial charge in [0.2, 0.25) is 0 Å². The Bertz CT molecular complexity index is 513. The highest BCUT2D eigenvalue weighted by molar-refractivity contribution is 6.37. The van der Waals surface area contributed by atoms with Gasteiger partial charge in [-0.15, -0.1) is 0 Å². The maximum Gasteiger partial charge on any atom is 0.430 e. The van der Waals surface area contributed by atoms with E-state index in [1.54, 1.807) is 26.0 Å². The van der Waals surface area contributed by atoms with E-state index in [-0.39, 0.29) is 5.56 Å². The number of hydrogen-bond donors (Lipinski definition) is 1. The maximum atomic E-state index is 11.6. The summed E-state index contributed by atoms with van der Waals surface area (Å²) in [7, 11) is 0. The molecule has 1 aliphatic heterocycles. The summed E-state index contributed by atoms with van der Waals surface area (Å²) in [5.74, 6) is -0.641. The van der Waals surface area contributed by atoms with Crippen LogP contribution in [0.5, 0.6) is 0 Å². The van der Waals surface area contributed by atoms with Crippen molar-refractivity contribution in [2.75, 3.05) is 4.42 Å².